The predicted molar refractivity (Wildman–Crippen MR) is 98.9 cm³/mol. The van der Waals surface area contributed by atoms with Gasteiger partial charge in [-0.25, -0.2) is 4.68 Å². The van der Waals surface area contributed by atoms with Crippen molar-refractivity contribution in [3.05, 3.63) is 41.2 Å². The van der Waals surface area contributed by atoms with Gasteiger partial charge >= 0.3 is 0 Å². The summed E-state index contributed by atoms with van der Waals surface area (Å²) < 4.78 is 6.52. The molecule has 0 spiro atoms. The van der Waals surface area contributed by atoms with Crippen molar-refractivity contribution in [1.29, 1.82) is 0 Å². The highest BCUT2D eigenvalue weighted by Crippen LogP contribution is 2.31. The molecule has 0 aliphatic carbocycles. The maximum absolute atomic E-state index is 12.9. The molecule has 2 aliphatic heterocycles. The number of nitrogens with one attached hydrogen (secondary N) is 1. The maximum Gasteiger partial charge on any atom is 0.255 e. The van der Waals surface area contributed by atoms with Crippen molar-refractivity contribution in [2.45, 2.75) is 38.0 Å². The van der Waals surface area contributed by atoms with E-state index in [1.54, 1.807) is 31.3 Å². The van der Waals surface area contributed by atoms with Crippen molar-refractivity contribution in [3.63, 3.8) is 0 Å². The summed E-state index contributed by atoms with van der Waals surface area (Å²) in [5, 5.41) is 20.9. The highest BCUT2D eigenvalue weighted by molar-refractivity contribution is 6.05. The second-order valence-corrected chi connectivity index (χ2v) is 7.46. The van der Waals surface area contributed by atoms with E-state index in [1.807, 2.05) is 0 Å². The Balaban J connectivity index is 1.65. The fraction of sp³-hybridized carbons (Fsp3) is 0.421. The minimum atomic E-state index is -1.31. The Kier molecular flexibility index (Phi) is 4.67. The Bertz CT molecular complexity index is 999. The second kappa shape index (κ2) is 7.05. The zero-order valence-corrected chi connectivity index (χ0v) is 16.1. The van der Waals surface area contributed by atoms with Gasteiger partial charge < -0.3 is 14.7 Å². The van der Waals surface area contributed by atoms with Crippen LogP contribution in [0, 0.1) is 0 Å². The number of carbonyl (C=O) groups excluding carboxylic acids is 3. The van der Waals surface area contributed by atoms with E-state index in [0.717, 1.165) is 0 Å². The molecule has 1 aromatic heterocycles. The van der Waals surface area contributed by atoms with Gasteiger partial charge in [0.15, 0.2) is 0 Å². The van der Waals surface area contributed by atoms with Gasteiger partial charge in [-0.1, -0.05) is 11.3 Å². The molecule has 2 aliphatic rings. The summed E-state index contributed by atoms with van der Waals surface area (Å²) in [4.78, 5) is 38.0. The van der Waals surface area contributed by atoms with Gasteiger partial charge in [-0.2, -0.15) is 0 Å². The second-order valence-electron chi connectivity index (χ2n) is 7.46. The van der Waals surface area contributed by atoms with Crippen LogP contribution in [0.1, 0.15) is 41.4 Å². The number of aliphatic hydroxyl groups is 1. The highest BCUT2D eigenvalue weighted by Gasteiger charge is 2.40. The average Bonchev–Trinajstić information content (AvgIpc) is 3.28. The molecular weight excluding hydrogens is 378 g/mol. The third-order valence-corrected chi connectivity index (χ3v) is 5.27. The van der Waals surface area contributed by atoms with Crippen LogP contribution in [0.15, 0.2) is 24.4 Å². The normalized spacial score (nSPS) is 21.1. The van der Waals surface area contributed by atoms with Crippen LogP contribution in [0.3, 0.4) is 0 Å². The van der Waals surface area contributed by atoms with Crippen molar-refractivity contribution in [2.24, 2.45) is 0 Å². The number of nitrogens with zero attached hydrogens (tertiary/aromatic N) is 4. The van der Waals surface area contributed by atoms with Crippen LogP contribution in [0.25, 0.3) is 5.69 Å². The number of amides is 3. The van der Waals surface area contributed by atoms with Gasteiger partial charge in [-0.15, -0.1) is 5.10 Å². The zero-order valence-electron chi connectivity index (χ0n) is 16.1. The van der Waals surface area contributed by atoms with Crippen LogP contribution in [-0.4, -0.2) is 62.5 Å². The predicted octanol–water partition coefficient (Wildman–Crippen LogP) is -0.118. The van der Waals surface area contributed by atoms with Gasteiger partial charge in [0, 0.05) is 31.2 Å². The maximum atomic E-state index is 12.9. The van der Waals surface area contributed by atoms with E-state index >= 15 is 0 Å². The molecule has 3 heterocycles. The summed E-state index contributed by atoms with van der Waals surface area (Å²) in [5.41, 5.74) is 0.860. The molecule has 0 radical (unpaired) electrons. The number of hydrogen-bond donors (Lipinski definition) is 2. The number of aromatic nitrogens is 3. The minimum Gasteiger partial charge on any atom is -0.381 e. The number of benzene rings is 1. The number of hydrogen-bond acceptors (Lipinski definition) is 7. The fourth-order valence-electron chi connectivity index (χ4n) is 3.77. The quantitative estimate of drug-likeness (QED) is 0.671. The molecule has 4 rings (SSSR count). The lowest BCUT2D eigenvalue weighted by Gasteiger charge is -2.29. The summed E-state index contributed by atoms with van der Waals surface area (Å²) in [6, 6.07) is 4.54. The molecule has 10 heteroatoms. The van der Waals surface area contributed by atoms with E-state index in [1.165, 1.54) is 16.7 Å². The lowest BCUT2D eigenvalue weighted by molar-refractivity contribution is -0.136. The first-order valence-corrected chi connectivity index (χ1v) is 9.23. The van der Waals surface area contributed by atoms with Gasteiger partial charge in [0.2, 0.25) is 11.8 Å². The Morgan fingerprint density at radius 3 is 2.86 bits per heavy atom. The van der Waals surface area contributed by atoms with E-state index in [0.29, 0.717) is 28.9 Å². The first kappa shape index (κ1) is 19.2. The number of fused-ring (bicyclic) bond motifs is 1. The number of piperidine rings is 1. The largest absolute Gasteiger partial charge is 0.381 e. The van der Waals surface area contributed by atoms with Gasteiger partial charge in [0.1, 0.15) is 17.3 Å². The van der Waals surface area contributed by atoms with Crippen LogP contribution < -0.4 is 5.32 Å². The standard InChI is InChI=1S/C19H21N5O5/c1-19(28,10-29-2)15-9-24(22-21-15)13-5-3-4-11-12(13)8-23(18(11)27)14-6-7-16(25)20-17(14)26/h3-5,9,14,28H,6-8,10H2,1-2H3,(H,20,25,26). The van der Waals surface area contributed by atoms with E-state index in [2.05, 4.69) is 15.6 Å². The van der Waals surface area contributed by atoms with Crippen molar-refractivity contribution in [1.82, 2.24) is 25.2 Å². The van der Waals surface area contributed by atoms with Crippen LogP contribution in [0.5, 0.6) is 0 Å². The van der Waals surface area contributed by atoms with Crippen LogP contribution in [0.4, 0.5) is 0 Å². The minimum absolute atomic E-state index is 0.0559. The molecule has 1 saturated heterocycles. The van der Waals surface area contributed by atoms with Crippen molar-refractivity contribution >= 4 is 17.7 Å². The number of carbonyl (C=O) groups is 3. The lowest BCUT2D eigenvalue weighted by atomic mass is 10.0. The summed E-state index contributed by atoms with van der Waals surface area (Å²) in [7, 11) is 1.48. The molecule has 1 aromatic carbocycles. The summed E-state index contributed by atoms with van der Waals surface area (Å²) in [6.07, 6.45) is 2.09. The Labute approximate surface area is 166 Å². The molecular formula is C19H21N5O5. The Hall–Kier alpha value is -3.11. The van der Waals surface area contributed by atoms with E-state index in [4.69, 9.17) is 4.74 Å². The van der Waals surface area contributed by atoms with Crippen molar-refractivity contribution in [3.8, 4) is 5.69 Å². The smallest absolute Gasteiger partial charge is 0.255 e. The molecule has 2 N–H and O–H groups in total. The SMILES string of the molecule is COCC(C)(O)c1cn(-c2cccc3c2CN(C2CCC(=O)NC2=O)C3=O)nn1. The molecule has 0 bridgehead atoms. The molecule has 2 atom stereocenters. The molecule has 3 amide bonds. The zero-order chi connectivity index (χ0) is 20.8. The average molecular weight is 399 g/mol. The van der Waals surface area contributed by atoms with E-state index < -0.39 is 17.6 Å². The van der Waals surface area contributed by atoms with Gasteiger partial charge in [0.05, 0.1) is 18.5 Å². The monoisotopic (exact) mass is 399 g/mol. The van der Waals surface area contributed by atoms with Crippen molar-refractivity contribution < 1.29 is 24.2 Å². The first-order chi connectivity index (χ1) is 13.8. The number of methoxy groups -OCH3 is 1. The Morgan fingerprint density at radius 2 is 2.14 bits per heavy atom. The molecule has 1 fully saturated rings. The van der Waals surface area contributed by atoms with Gasteiger partial charge in [-0.3, -0.25) is 19.7 Å². The number of ether oxygens (including phenoxy) is 1. The molecule has 0 saturated carbocycles. The molecule has 2 aromatic rings. The lowest BCUT2D eigenvalue weighted by Crippen LogP contribution is -2.52. The third-order valence-electron chi connectivity index (χ3n) is 5.27. The van der Waals surface area contributed by atoms with Crippen LogP contribution >= 0.6 is 0 Å². The summed E-state index contributed by atoms with van der Waals surface area (Å²) >= 11 is 0. The van der Waals surface area contributed by atoms with E-state index in [-0.39, 0.29) is 31.4 Å². The number of imide groups is 1. The summed E-state index contributed by atoms with van der Waals surface area (Å²) in [5.74, 6) is -1.04. The molecule has 2 unspecified atom stereocenters. The molecule has 29 heavy (non-hydrogen) atoms. The first-order valence-electron chi connectivity index (χ1n) is 9.23. The van der Waals surface area contributed by atoms with Crippen molar-refractivity contribution in [2.75, 3.05) is 13.7 Å². The van der Waals surface area contributed by atoms with Gasteiger partial charge in [-0.05, 0) is 25.5 Å². The number of rotatable bonds is 5. The van der Waals surface area contributed by atoms with Crippen LogP contribution in [0.2, 0.25) is 0 Å². The van der Waals surface area contributed by atoms with Crippen LogP contribution in [-0.2, 0) is 26.5 Å². The van der Waals surface area contributed by atoms with Gasteiger partial charge in [0.25, 0.3) is 5.91 Å². The Morgan fingerprint density at radius 1 is 1.34 bits per heavy atom. The summed E-state index contributed by atoms with van der Waals surface area (Å²) in [6.45, 7) is 1.86. The highest BCUT2D eigenvalue weighted by atomic mass is 16.5. The fourth-order valence-corrected chi connectivity index (χ4v) is 3.77. The third kappa shape index (κ3) is 3.30. The molecule has 152 valence electrons. The molecule has 10 nitrogen and oxygen atoms in total. The topological polar surface area (TPSA) is 127 Å². The van der Waals surface area contributed by atoms with E-state index in [9.17, 15) is 19.5 Å².